The van der Waals surface area contributed by atoms with Gasteiger partial charge in [-0.25, -0.2) is 17.9 Å². The van der Waals surface area contributed by atoms with Gasteiger partial charge in [0.25, 0.3) is 0 Å². The summed E-state index contributed by atoms with van der Waals surface area (Å²) >= 11 is 0. The minimum Gasteiger partial charge on any atom is -0.495 e. The van der Waals surface area contributed by atoms with Gasteiger partial charge in [0, 0.05) is 12.5 Å². The van der Waals surface area contributed by atoms with Gasteiger partial charge in [-0.2, -0.15) is 0 Å². The second kappa shape index (κ2) is 8.26. The highest BCUT2D eigenvalue weighted by atomic mass is 32.2. The molecule has 1 aliphatic rings. The van der Waals surface area contributed by atoms with Crippen LogP contribution in [0, 0.1) is 0 Å². The number of methoxy groups -OCH3 is 1. The van der Waals surface area contributed by atoms with Crippen molar-refractivity contribution in [2.24, 2.45) is 0 Å². The van der Waals surface area contributed by atoms with Gasteiger partial charge in [0.15, 0.2) is 11.9 Å². The van der Waals surface area contributed by atoms with Crippen molar-refractivity contribution in [3.05, 3.63) is 29.8 Å². The van der Waals surface area contributed by atoms with Crippen LogP contribution in [0.15, 0.2) is 29.2 Å². The fourth-order valence-corrected chi connectivity index (χ4v) is 3.46. The predicted octanol–water partition coefficient (Wildman–Crippen LogP) is 1.67. The lowest BCUT2D eigenvalue weighted by Gasteiger charge is -2.19. The standard InChI is InChI=1S/C17H21NO6S/c1-18-25(21,22)16-11-12(7-9-15(16)23-2)8-10-17(20)24-14-6-4-3-5-13(14)19/h7-11,14,18H,3-6H2,1-2H3/b10-8+/t14-/m1/s1. The Morgan fingerprint density at radius 1 is 1.32 bits per heavy atom. The number of carbonyl (C=O) groups is 2. The highest BCUT2D eigenvalue weighted by molar-refractivity contribution is 7.89. The molecule has 0 heterocycles. The number of hydrogen-bond acceptors (Lipinski definition) is 6. The molecular formula is C17H21NO6S. The van der Waals surface area contributed by atoms with E-state index in [4.69, 9.17) is 9.47 Å². The van der Waals surface area contributed by atoms with Crippen molar-refractivity contribution in [2.45, 2.75) is 36.7 Å². The third kappa shape index (κ3) is 4.90. The van der Waals surface area contributed by atoms with Crippen LogP contribution in [0.4, 0.5) is 0 Å². The fourth-order valence-electron chi connectivity index (χ4n) is 2.54. The first-order chi connectivity index (χ1) is 11.9. The van der Waals surface area contributed by atoms with Crippen LogP contribution in [-0.2, 0) is 24.3 Å². The SMILES string of the molecule is CNS(=O)(=O)c1cc(/C=C/C(=O)O[C@@H]2CCCCC2=O)ccc1OC. The highest BCUT2D eigenvalue weighted by Crippen LogP contribution is 2.25. The second-order valence-electron chi connectivity index (χ2n) is 5.59. The van der Waals surface area contributed by atoms with Crippen molar-refractivity contribution in [1.82, 2.24) is 4.72 Å². The van der Waals surface area contributed by atoms with Gasteiger partial charge in [-0.15, -0.1) is 0 Å². The Morgan fingerprint density at radius 3 is 2.72 bits per heavy atom. The Bertz CT molecular complexity index is 784. The zero-order chi connectivity index (χ0) is 18.4. The summed E-state index contributed by atoms with van der Waals surface area (Å²) in [6.45, 7) is 0. The van der Waals surface area contributed by atoms with Gasteiger partial charge in [-0.05, 0) is 50.1 Å². The molecule has 8 heteroatoms. The monoisotopic (exact) mass is 367 g/mol. The Hall–Kier alpha value is -2.19. The topological polar surface area (TPSA) is 98.8 Å². The molecular weight excluding hydrogens is 346 g/mol. The molecule has 0 aromatic heterocycles. The van der Waals surface area contributed by atoms with Crippen LogP contribution in [0.2, 0.25) is 0 Å². The van der Waals surface area contributed by atoms with Crippen molar-refractivity contribution in [1.29, 1.82) is 0 Å². The second-order valence-corrected chi connectivity index (χ2v) is 7.44. The minimum absolute atomic E-state index is 0.0320. The van der Waals surface area contributed by atoms with E-state index in [-0.39, 0.29) is 16.4 Å². The van der Waals surface area contributed by atoms with Crippen molar-refractivity contribution in [2.75, 3.05) is 14.2 Å². The molecule has 2 rings (SSSR count). The number of ether oxygens (including phenoxy) is 2. The number of benzene rings is 1. The molecule has 1 N–H and O–H groups in total. The van der Waals surface area contributed by atoms with Gasteiger partial charge in [0.05, 0.1) is 7.11 Å². The maximum absolute atomic E-state index is 12.0. The largest absolute Gasteiger partial charge is 0.495 e. The van der Waals surface area contributed by atoms with E-state index in [9.17, 15) is 18.0 Å². The quantitative estimate of drug-likeness (QED) is 0.607. The highest BCUT2D eigenvalue weighted by Gasteiger charge is 2.25. The number of hydrogen-bond donors (Lipinski definition) is 1. The van der Waals surface area contributed by atoms with E-state index in [1.165, 1.54) is 38.4 Å². The van der Waals surface area contributed by atoms with Crippen LogP contribution < -0.4 is 9.46 Å². The normalized spacial score (nSPS) is 18.3. The number of Topliss-reactive ketones (excluding diaryl/α,β-unsaturated/α-hetero) is 1. The smallest absolute Gasteiger partial charge is 0.331 e. The molecule has 1 atom stereocenters. The zero-order valence-electron chi connectivity index (χ0n) is 14.2. The third-order valence-corrected chi connectivity index (χ3v) is 5.35. The van der Waals surface area contributed by atoms with E-state index in [0.717, 1.165) is 12.8 Å². The first-order valence-electron chi connectivity index (χ1n) is 7.90. The molecule has 136 valence electrons. The van der Waals surface area contributed by atoms with Crippen LogP contribution in [0.5, 0.6) is 5.75 Å². The average molecular weight is 367 g/mol. The molecule has 7 nitrogen and oxygen atoms in total. The molecule has 1 aliphatic carbocycles. The molecule has 0 unspecified atom stereocenters. The Kier molecular flexibility index (Phi) is 6.33. The summed E-state index contributed by atoms with van der Waals surface area (Å²) < 4.78 is 36.5. The van der Waals surface area contributed by atoms with Gasteiger partial charge in [0.1, 0.15) is 10.6 Å². The Balaban J connectivity index is 2.14. The molecule has 1 aromatic rings. The van der Waals surface area contributed by atoms with Gasteiger partial charge >= 0.3 is 5.97 Å². The van der Waals surface area contributed by atoms with E-state index < -0.39 is 22.1 Å². The summed E-state index contributed by atoms with van der Waals surface area (Å²) in [5.41, 5.74) is 0.488. The first-order valence-corrected chi connectivity index (χ1v) is 9.38. The molecule has 1 aromatic carbocycles. The summed E-state index contributed by atoms with van der Waals surface area (Å²) in [4.78, 5) is 23.5. The van der Waals surface area contributed by atoms with E-state index >= 15 is 0 Å². The van der Waals surface area contributed by atoms with Crippen LogP contribution in [-0.4, -0.2) is 40.4 Å². The minimum atomic E-state index is -3.70. The molecule has 0 bridgehead atoms. The number of esters is 1. The number of rotatable bonds is 6. The van der Waals surface area contributed by atoms with Crippen molar-refractivity contribution in [3.63, 3.8) is 0 Å². The molecule has 25 heavy (non-hydrogen) atoms. The third-order valence-electron chi connectivity index (χ3n) is 3.91. The molecule has 1 saturated carbocycles. The van der Waals surface area contributed by atoms with Crippen LogP contribution in [0.25, 0.3) is 6.08 Å². The van der Waals surface area contributed by atoms with Gasteiger partial charge in [-0.3, -0.25) is 4.79 Å². The van der Waals surface area contributed by atoms with Crippen molar-refractivity contribution < 1.29 is 27.5 Å². The van der Waals surface area contributed by atoms with Crippen LogP contribution in [0.1, 0.15) is 31.2 Å². The summed E-state index contributed by atoms with van der Waals surface area (Å²) in [5, 5.41) is 0. The van der Waals surface area contributed by atoms with E-state index in [1.54, 1.807) is 6.07 Å². The maximum atomic E-state index is 12.0. The summed E-state index contributed by atoms with van der Waals surface area (Å²) in [5.74, 6) is -0.490. The fraction of sp³-hybridized carbons (Fsp3) is 0.412. The number of nitrogens with one attached hydrogen (secondary N) is 1. The van der Waals surface area contributed by atoms with Crippen molar-refractivity contribution in [3.8, 4) is 5.75 Å². The number of sulfonamides is 1. The zero-order valence-corrected chi connectivity index (χ0v) is 15.0. The van der Waals surface area contributed by atoms with Crippen molar-refractivity contribution >= 4 is 27.9 Å². The Labute approximate surface area is 147 Å². The summed E-state index contributed by atoms with van der Waals surface area (Å²) in [6.07, 6.45) is 4.61. The lowest BCUT2D eigenvalue weighted by molar-refractivity contribution is -0.152. The van der Waals surface area contributed by atoms with E-state index in [1.807, 2.05) is 0 Å². The van der Waals surface area contributed by atoms with Crippen LogP contribution in [0.3, 0.4) is 0 Å². The van der Waals surface area contributed by atoms with E-state index in [2.05, 4.69) is 4.72 Å². The van der Waals surface area contributed by atoms with Gasteiger partial charge in [0.2, 0.25) is 10.0 Å². The molecule has 0 amide bonds. The molecule has 0 spiro atoms. The van der Waals surface area contributed by atoms with E-state index in [0.29, 0.717) is 18.4 Å². The summed E-state index contributed by atoms with van der Waals surface area (Å²) in [6, 6.07) is 4.50. The predicted molar refractivity (Wildman–Crippen MR) is 91.6 cm³/mol. The number of ketones is 1. The maximum Gasteiger partial charge on any atom is 0.331 e. The number of carbonyl (C=O) groups excluding carboxylic acids is 2. The molecule has 0 aliphatic heterocycles. The molecule has 0 radical (unpaired) electrons. The lowest BCUT2D eigenvalue weighted by Crippen LogP contribution is -2.29. The molecule has 1 fully saturated rings. The summed E-state index contributed by atoms with van der Waals surface area (Å²) in [7, 11) is -1.03. The van der Waals surface area contributed by atoms with Gasteiger partial charge < -0.3 is 9.47 Å². The molecule has 0 saturated heterocycles. The average Bonchev–Trinajstić information content (AvgIpc) is 2.61. The first kappa shape index (κ1) is 19.1. The van der Waals surface area contributed by atoms with Crippen LogP contribution >= 0.6 is 0 Å². The van der Waals surface area contributed by atoms with Gasteiger partial charge in [-0.1, -0.05) is 6.07 Å². The Morgan fingerprint density at radius 2 is 2.08 bits per heavy atom. The lowest BCUT2D eigenvalue weighted by atomic mass is 9.96.